The molecule has 0 spiro atoms. The maximum absolute atomic E-state index is 12.9. The number of thiocarbonyl (C=S) groups is 1. The molecular weight excluding hydrogens is 486 g/mol. The molecule has 8 heteroatoms. The van der Waals surface area contributed by atoms with Crippen molar-refractivity contribution in [1.29, 1.82) is 0 Å². The molecular formula is C29H31N3O4S. The molecule has 0 aliphatic carbocycles. The van der Waals surface area contributed by atoms with Gasteiger partial charge in [0.2, 0.25) is 5.91 Å². The third-order valence-corrected chi connectivity index (χ3v) is 5.75. The molecule has 3 rings (SSSR count). The zero-order chi connectivity index (χ0) is 26.5. The highest BCUT2D eigenvalue weighted by molar-refractivity contribution is 7.80. The predicted molar refractivity (Wildman–Crippen MR) is 150 cm³/mol. The minimum absolute atomic E-state index is 0.0219. The summed E-state index contributed by atoms with van der Waals surface area (Å²) in [5.74, 6) is -0.908. The molecule has 0 heterocycles. The number of carbonyl (C=O) groups excluding carboxylic acids is 3. The van der Waals surface area contributed by atoms with Crippen molar-refractivity contribution in [1.82, 2.24) is 5.32 Å². The van der Waals surface area contributed by atoms with E-state index in [0.29, 0.717) is 24.4 Å². The molecule has 2 N–H and O–H groups in total. The standard InChI is InChI=1S/C29H31N3O4S/c1-2-32(25-13-7-4-8-14-25)28(35)23-15-17-24(18-16-23)30-29(37)31-26(33)19-20-27(34)36-21-9-12-22-10-5-3-6-11-22/h3-8,10-11,13-18H,2,9,12,19-21H2,1H3,(H2,30,31,33,37). The van der Waals surface area contributed by atoms with Crippen molar-refractivity contribution >= 4 is 46.5 Å². The van der Waals surface area contributed by atoms with E-state index in [0.717, 1.165) is 18.5 Å². The molecule has 3 aromatic carbocycles. The fourth-order valence-electron chi connectivity index (χ4n) is 3.65. The number of esters is 1. The van der Waals surface area contributed by atoms with Gasteiger partial charge in [-0.25, -0.2) is 0 Å². The molecule has 0 unspecified atom stereocenters. The van der Waals surface area contributed by atoms with Crippen molar-refractivity contribution in [3.63, 3.8) is 0 Å². The normalized spacial score (nSPS) is 10.3. The van der Waals surface area contributed by atoms with Gasteiger partial charge in [-0.3, -0.25) is 14.4 Å². The van der Waals surface area contributed by atoms with Crippen LogP contribution in [0.4, 0.5) is 11.4 Å². The second-order valence-electron chi connectivity index (χ2n) is 8.27. The molecule has 0 aliphatic heterocycles. The van der Waals surface area contributed by atoms with E-state index >= 15 is 0 Å². The van der Waals surface area contributed by atoms with Crippen LogP contribution >= 0.6 is 12.2 Å². The first-order valence-corrected chi connectivity index (χ1v) is 12.6. The Bertz CT molecular complexity index is 1180. The van der Waals surface area contributed by atoms with Crippen LogP contribution in [0.1, 0.15) is 42.1 Å². The van der Waals surface area contributed by atoms with Gasteiger partial charge in [0.15, 0.2) is 5.11 Å². The molecule has 7 nitrogen and oxygen atoms in total. The molecule has 0 radical (unpaired) electrons. The lowest BCUT2D eigenvalue weighted by molar-refractivity contribution is -0.145. The number of para-hydroxylation sites is 1. The van der Waals surface area contributed by atoms with E-state index in [4.69, 9.17) is 17.0 Å². The van der Waals surface area contributed by atoms with Crippen LogP contribution in [-0.2, 0) is 20.7 Å². The van der Waals surface area contributed by atoms with E-state index in [9.17, 15) is 14.4 Å². The predicted octanol–water partition coefficient (Wildman–Crippen LogP) is 5.12. The Labute approximate surface area is 222 Å². The summed E-state index contributed by atoms with van der Waals surface area (Å²) in [6.45, 7) is 2.78. The highest BCUT2D eigenvalue weighted by Gasteiger charge is 2.16. The molecule has 0 saturated heterocycles. The van der Waals surface area contributed by atoms with Gasteiger partial charge in [0.25, 0.3) is 5.91 Å². The largest absolute Gasteiger partial charge is 0.466 e. The fourth-order valence-corrected chi connectivity index (χ4v) is 3.88. The zero-order valence-corrected chi connectivity index (χ0v) is 21.6. The topological polar surface area (TPSA) is 87.7 Å². The Morgan fingerprint density at radius 3 is 2.16 bits per heavy atom. The average Bonchev–Trinajstić information content (AvgIpc) is 2.92. The molecule has 3 aromatic rings. The molecule has 37 heavy (non-hydrogen) atoms. The first kappa shape index (κ1) is 27.5. The van der Waals surface area contributed by atoms with Gasteiger partial charge in [-0.05, 0) is 73.9 Å². The number of nitrogens with zero attached hydrogens (tertiary/aromatic N) is 1. The van der Waals surface area contributed by atoms with E-state index < -0.39 is 5.97 Å². The Kier molecular flexibility index (Phi) is 10.8. The molecule has 0 aromatic heterocycles. The Morgan fingerprint density at radius 1 is 0.865 bits per heavy atom. The summed E-state index contributed by atoms with van der Waals surface area (Å²) in [5, 5.41) is 5.59. The number of hydrogen-bond donors (Lipinski definition) is 2. The van der Waals surface area contributed by atoms with Gasteiger partial charge in [-0.1, -0.05) is 48.5 Å². The van der Waals surface area contributed by atoms with Crippen LogP contribution in [0.25, 0.3) is 0 Å². The lowest BCUT2D eigenvalue weighted by Crippen LogP contribution is -2.34. The smallest absolute Gasteiger partial charge is 0.306 e. The summed E-state index contributed by atoms with van der Waals surface area (Å²) < 4.78 is 5.20. The minimum Gasteiger partial charge on any atom is -0.466 e. The van der Waals surface area contributed by atoms with Gasteiger partial charge in [0, 0.05) is 29.9 Å². The number of aryl methyl sites for hydroxylation is 1. The zero-order valence-electron chi connectivity index (χ0n) is 20.8. The monoisotopic (exact) mass is 517 g/mol. The maximum Gasteiger partial charge on any atom is 0.306 e. The minimum atomic E-state index is -0.418. The van der Waals surface area contributed by atoms with Crippen molar-refractivity contribution < 1.29 is 19.1 Å². The van der Waals surface area contributed by atoms with Crippen LogP contribution in [0.3, 0.4) is 0 Å². The SMILES string of the molecule is CCN(C(=O)c1ccc(NC(=S)NC(=O)CCC(=O)OCCCc2ccccc2)cc1)c1ccccc1. The number of nitrogens with one attached hydrogen (secondary N) is 2. The fraction of sp³-hybridized carbons (Fsp3) is 0.241. The summed E-state index contributed by atoms with van der Waals surface area (Å²) in [6, 6.07) is 26.3. The summed E-state index contributed by atoms with van der Waals surface area (Å²) in [4.78, 5) is 38.7. The molecule has 0 aliphatic rings. The third kappa shape index (κ3) is 9.16. The second-order valence-corrected chi connectivity index (χ2v) is 8.68. The Balaban J connectivity index is 1.37. The molecule has 2 amide bonds. The number of carbonyl (C=O) groups is 3. The van der Waals surface area contributed by atoms with Crippen molar-refractivity contribution in [3.05, 3.63) is 96.1 Å². The Morgan fingerprint density at radius 2 is 1.51 bits per heavy atom. The van der Waals surface area contributed by atoms with E-state index in [1.54, 1.807) is 29.2 Å². The van der Waals surface area contributed by atoms with E-state index in [1.165, 1.54) is 5.56 Å². The summed E-state index contributed by atoms with van der Waals surface area (Å²) in [5.41, 5.74) is 3.18. The second kappa shape index (κ2) is 14.5. The molecule has 0 bridgehead atoms. The number of rotatable bonds is 11. The van der Waals surface area contributed by atoms with Gasteiger partial charge in [0.05, 0.1) is 13.0 Å². The van der Waals surface area contributed by atoms with Gasteiger partial charge in [0.1, 0.15) is 0 Å². The summed E-state index contributed by atoms with van der Waals surface area (Å²) in [7, 11) is 0. The number of hydrogen-bond acceptors (Lipinski definition) is 5. The molecule has 192 valence electrons. The van der Waals surface area contributed by atoms with Crippen LogP contribution in [0, 0.1) is 0 Å². The first-order valence-electron chi connectivity index (χ1n) is 12.2. The molecule has 0 fully saturated rings. The lowest BCUT2D eigenvalue weighted by atomic mass is 10.1. The van der Waals surface area contributed by atoms with E-state index in [1.807, 2.05) is 67.6 Å². The number of anilines is 2. The van der Waals surface area contributed by atoms with Crippen molar-refractivity contribution in [3.8, 4) is 0 Å². The first-order chi connectivity index (χ1) is 18.0. The lowest BCUT2D eigenvalue weighted by Gasteiger charge is -2.21. The number of amides is 2. The van der Waals surface area contributed by atoms with Crippen LogP contribution in [0.5, 0.6) is 0 Å². The summed E-state index contributed by atoms with van der Waals surface area (Å²) >= 11 is 5.20. The van der Waals surface area contributed by atoms with Crippen molar-refractivity contribution in [2.75, 3.05) is 23.4 Å². The number of ether oxygens (including phenoxy) is 1. The van der Waals surface area contributed by atoms with Gasteiger partial charge < -0.3 is 20.3 Å². The van der Waals surface area contributed by atoms with Crippen molar-refractivity contribution in [2.45, 2.75) is 32.6 Å². The number of benzene rings is 3. The highest BCUT2D eigenvalue weighted by Crippen LogP contribution is 2.18. The summed E-state index contributed by atoms with van der Waals surface area (Å²) in [6.07, 6.45) is 1.50. The highest BCUT2D eigenvalue weighted by atomic mass is 32.1. The van der Waals surface area contributed by atoms with E-state index in [2.05, 4.69) is 10.6 Å². The Hall–Kier alpha value is -4.04. The quantitative estimate of drug-likeness (QED) is 0.209. The average molecular weight is 518 g/mol. The van der Waals surface area contributed by atoms with Gasteiger partial charge in [-0.2, -0.15) is 0 Å². The maximum atomic E-state index is 12.9. The van der Waals surface area contributed by atoms with Crippen LogP contribution in [0.2, 0.25) is 0 Å². The molecule has 0 atom stereocenters. The van der Waals surface area contributed by atoms with Crippen molar-refractivity contribution in [2.24, 2.45) is 0 Å². The van der Waals surface area contributed by atoms with Crippen LogP contribution < -0.4 is 15.5 Å². The van der Waals surface area contributed by atoms with Gasteiger partial charge >= 0.3 is 5.97 Å². The van der Waals surface area contributed by atoms with E-state index in [-0.39, 0.29) is 29.8 Å². The van der Waals surface area contributed by atoms with Gasteiger partial charge in [-0.15, -0.1) is 0 Å². The third-order valence-electron chi connectivity index (χ3n) is 5.54. The van der Waals surface area contributed by atoms with Crippen LogP contribution in [0.15, 0.2) is 84.9 Å². The molecule has 0 saturated carbocycles. The van der Waals surface area contributed by atoms with Crippen LogP contribution in [-0.4, -0.2) is 36.0 Å².